The fourth-order valence-corrected chi connectivity index (χ4v) is 2.88. The summed E-state index contributed by atoms with van der Waals surface area (Å²) in [5, 5.41) is 9.04. The quantitative estimate of drug-likeness (QED) is 0.612. The number of fused-ring (bicyclic) bond motifs is 3. The number of amidine groups is 1. The number of hydrogen-bond donors (Lipinski definition) is 1. The van der Waals surface area contributed by atoms with Crippen LogP contribution in [-0.2, 0) is 0 Å². The molecular weight excluding hydrogens is 192 g/mol. The zero-order valence-electron chi connectivity index (χ0n) is 8.97. The van der Waals surface area contributed by atoms with E-state index in [1.54, 1.807) is 0 Å². The van der Waals surface area contributed by atoms with E-state index in [-0.39, 0.29) is 6.61 Å². The fraction of sp³-hybridized carbons (Fsp3) is 0.900. The number of piperazine rings is 1. The molecule has 0 amide bonds. The summed E-state index contributed by atoms with van der Waals surface area (Å²) in [5.74, 6) is 1.24. The molecule has 0 saturated carbocycles. The fourth-order valence-electron chi connectivity index (χ4n) is 2.88. The Balaban J connectivity index is 1.81. The van der Waals surface area contributed by atoms with Crippen molar-refractivity contribution in [2.75, 3.05) is 52.4 Å². The van der Waals surface area contributed by atoms with Crippen LogP contribution in [0.25, 0.3) is 0 Å². The van der Waals surface area contributed by atoms with E-state index >= 15 is 0 Å². The minimum absolute atomic E-state index is 0.248. The molecule has 1 unspecified atom stereocenters. The van der Waals surface area contributed by atoms with E-state index in [4.69, 9.17) is 5.11 Å². The highest BCUT2D eigenvalue weighted by atomic mass is 16.3. The van der Waals surface area contributed by atoms with Crippen molar-refractivity contribution in [1.82, 2.24) is 14.7 Å². The second-order valence-corrected chi connectivity index (χ2v) is 4.40. The van der Waals surface area contributed by atoms with Crippen LogP contribution < -0.4 is 0 Å². The van der Waals surface area contributed by atoms with Crippen molar-refractivity contribution >= 4 is 5.84 Å². The van der Waals surface area contributed by atoms with Gasteiger partial charge in [-0.3, -0.25) is 14.8 Å². The molecular formula is C10H18N4O. The van der Waals surface area contributed by atoms with Gasteiger partial charge in [0, 0.05) is 39.3 Å². The summed E-state index contributed by atoms with van der Waals surface area (Å²) in [6, 6.07) is 0. The molecule has 5 heteroatoms. The average molecular weight is 210 g/mol. The summed E-state index contributed by atoms with van der Waals surface area (Å²) in [4.78, 5) is 11.8. The molecule has 84 valence electrons. The van der Waals surface area contributed by atoms with E-state index < -0.39 is 0 Å². The Labute approximate surface area is 90.0 Å². The van der Waals surface area contributed by atoms with Gasteiger partial charge in [0.2, 0.25) is 0 Å². The van der Waals surface area contributed by atoms with Gasteiger partial charge in [-0.15, -0.1) is 0 Å². The molecule has 2 fully saturated rings. The molecule has 0 bridgehead atoms. The first-order valence-corrected chi connectivity index (χ1v) is 5.78. The van der Waals surface area contributed by atoms with Gasteiger partial charge in [-0.05, 0) is 0 Å². The van der Waals surface area contributed by atoms with E-state index in [1.807, 2.05) is 0 Å². The Morgan fingerprint density at radius 1 is 1.20 bits per heavy atom. The Hall–Kier alpha value is -0.650. The highest BCUT2D eigenvalue weighted by Gasteiger charge is 2.41. The highest BCUT2D eigenvalue weighted by Crippen LogP contribution is 2.23. The molecule has 3 aliphatic heterocycles. The largest absolute Gasteiger partial charge is 0.395 e. The van der Waals surface area contributed by atoms with Crippen LogP contribution in [0.1, 0.15) is 0 Å². The van der Waals surface area contributed by atoms with Crippen molar-refractivity contribution in [3.8, 4) is 0 Å². The van der Waals surface area contributed by atoms with E-state index in [1.165, 1.54) is 5.84 Å². The van der Waals surface area contributed by atoms with Gasteiger partial charge in [0.05, 0.1) is 13.2 Å². The molecule has 0 aromatic heterocycles. The third kappa shape index (κ3) is 1.46. The lowest BCUT2D eigenvalue weighted by Crippen LogP contribution is -2.57. The second kappa shape index (κ2) is 3.73. The van der Waals surface area contributed by atoms with Crippen molar-refractivity contribution in [2.24, 2.45) is 4.99 Å². The van der Waals surface area contributed by atoms with Crippen LogP contribution in [0, 0.1) is 0 Å². The first-order valence-electron chi connectivity index (χ1n) is 5.78. The summed E-state index contributed by atoms with van der Waals surface area (Å²) in [5.41, 5.74) is 0. The molecule has 3 aliphatic rings. The number of aliphatic hydroxyl groups is 1. The summed E-state index contributed by atoms with van der Waals surface area (Å²) in [7, 11) is 0. The monoisotopic (exact) mass is 210 g/mol. The zero-order chi connectivity index (χ0) is 10.3. The van der Waals surface area contributed by atoms with Crippen molar-refractivity contribution < 1.29 is 5.11 Å². The summed E-state index contributed by atoms with van der Waals surface area (Å²) in [6.45, 7) is 7.52. The number of β-amino-alcohol motifs (C(OH)–C–C–N with tert-alkyl or cyclic N) is 1. The summed E-state index contributed by atoms with van der Waals surface area (Å²) < 4.78 is 0. The lowest BCUT2D eigenvalue weighted by Gasteiger charge is -2.39. The van der Waals surface area contributed by atoms with Gasteiger partial charge in [-0.2, -0.15) is 0 Å². The number of hydrogen-bond acceptors (Lipinski definition) is 5. The Bertz CT molecular complexity index is 281. The normalized spacial score (nSPS) is 31.7. The standard InChI is InChI=1S/C10H18N4O/c15-8-7-14-6-5-13-4-3-12-2-1-11-9(12)10(13)14/h10,15H,1-8H2. The molecule has 0 aromatic rings. The number of nitrogens with zero attached hydrogens (tertiary/aromatic N) is 4. The van der Waals surface area contributed by atoms with Crippen LogP contribution in [0.3, 0.4) is 0 Å². The molecule has 3 heterocycles. The maximum Gasteiger partial charge on any atom is 0.132 e. The van der Waals surface area contributed by atoms with Crippen molar-refractivity contribution in [3.63, 3.8) is 0 Å². The predicted octanol–water partition coefficient (Wildman–Crippen LogP) is -1.35. The van der Waals surface area contributed by atoms with Gasteiger partial charge in [0.25, 0.3) is 0 Å². The molecule has 1 N–H and O–H groups in total. The number of rotatable bonds is 2. The highest BCUT2D eigenvalue weighted by molar-refractivity contribution is 5.89. The predicted molar refractivity (Wildman–Crippen MR) is 57.9 cm³/mol. The maximum absolute atomic E-state index is 9.04. The van der Waals surface area contributed by atoms with Gasteiger partial charge in [-0.25, -0.2) is 0 Å². The Morgan fingerprint density at radius 3 is 2.93 bits per heavy atom. The number of aliphatic hydroxyl groups excluding tert-OH is 1. The molecule has 3 rings (SSSR count). The second-order valence-electron chi connectivity index (χ2n) is 4.40. The van der Waals surface area contributed by atoms with Crippen LogP contribution in [-0.4, -0.2) is 84.2 Å². The molecule has 0 aromatic carbocycles. The lowest BCUT2D eigenvalue weighted by atomic mass is 10.2. The summed E-state index contributed by atoms with van der Waals surface area (Å²) >= 11 is 0. The molecule has 5 nitrogen and oxygen atoms in total. The van der Waals surface area contributed by atoms with Crippen LogP contribution in [0.2, 0.25) is 0 Å². The molecule has 0 aliphatic carbocycles. The van der Waals surface area contributed by atoms with Crippen LogP contribution >= 0.6 is 0 Å². The van der Waals surface area contributed by atoms with Crippen LogP contribution in [0.15, 0.2) is 4.99 Å². The van der Waals surface area contributed by atoms with Gasteiger partial charge < -0.3 is 10.0 Å². The van der Waals surface area contributed by atoms with Gasteiger partial charge in [0.1, 0.15) is 12.0 Å². The molecule has 1 atom stereocenters. The summed E-state index contributed by atoms with van der Waals surface area (Å²) in [6.07, 6.45) is 0.355. The molecule has 0 spiro atoms. The first-order chi connectivity index (χ1) is 7.40. The zero-order valence-corrected chi connectivity index (χ0v) is 8.97. The average Bonchev–Trinajstić information content (AvgIpc) is 2.83. The first kappa shape index (κ1) is 9.57. The van der Waals surface area contributed by atoms with E-state index in [0.29, 0.717) is 6.17 Å². The molecule has 15 heavy (non-hydrogen) atoms. The topological polar surface area (TPSA) is 42.3 Å². The maximum atomic E-state index is 9.04. The minimum atomic E-state index is 0.248. The lowest BCUT2D eigenvalue weighted by molar-refractivity contribution is 0.128. The Morgan fingerprint density at radius 2 is 2.07 bits per heavy atom. The van der Waals surface area contributed by atoms with Gasteiger partial charge in [0.15, 0.2) is 0 Å². The van der Waals surface area contributed by atoms with E-state index in [9.17, 15) is 0 Å². The van der Waals surface area contributed by atoms with Crippen molar-refractivity contribution in [3.05, 3.63) is 0 Å². The van der Waals surface area contributed by atoms with Gasteiger partial charge in [-0.1, -0.05) is 0 Å². The van der Waals surface area contributed by atoms with E-state index in [2.05, 4.69) is 19.7 Å². The van der Waals surface area contributed by atoms with Crippen molar-refractivity contribution in [2.45, 2.75) is 6.17 Å². The van der Waals surface area contributed by atoms with Crippen LogP contribution in [0.4, 0.5) is 0 Å². The van der Waals surface area contributed by atoms with E-state index in [0.717, 1.165) is 45.8 Å². The smallest absolute Gasteiger partial charge is 0.132 e. The third-order valence-corrected chi connectivity index (χ3v) is 3.61. The third-order valence-electron chi connectivity index (χ3n) is 3.61. The number of aliphatic imine (C=N–C) groups is 1. The Kier molecular flexibility index (Phi) is 2.38. The van der Waals surface area contributed by atoms with Crippen molar-refractivity contribution in [1.29, 1.82) is 0 Å². The minimum Gasteiger partial charge on any atom is -0.395 e. The van der Waals surface area contributed by atoms with Crippen LogP contribution in [0.5, 0.6) is 0 Å². The SMILES string of the molecule is OCCN1CCN2CCN3CCN=C3C12. The van der Waals surface area contributed by atoms with Gasteiger partial charge >= 0.3 is 0 Å². The molecule has 2 saturated heterocycles. The molecule has 0 radical (unpaired) electrons.